The third-order valence-corrected chi connectivity index (χ3v) is 2.38. The number of aldehydes is 1. The molecule has 1 rings (SSSR count). The molecule has 0 fully saturated rings. The molecule has 0 aromatic heterocycles. The lowest BCUT2D eigenvalue weighted by molar-refractivity contribution is 0.112. The van der Waals surface area contributed by atoms with Crippen LogP contribution in [0, 0.1) is 0 Å². The van der Waals surface area contributed by atoms with Gasteiger partial charge in [-0.2, -0.15) is 0 Å². The molecule has 0 amide bonds. The van der Waals surface area contributed by atoms with E-state index < -0.39 is 0 Å². The maximum absolute atomic E-state index is 10.4. The molecule has 1 aromatic rings. The summed E-state index contributed by atoms with van der Waals surface area (Å²) in [5.74, 6) is 0. The molecule has 58 valence electrons. The summed E-state index contributed by atoms with van der Waals surface area (Å²) in [7, 11) is 0. The average molecular weight is 278 g/mol. The van der Waals surface area contributed by atoms with Crippen LogP contribution < -0.4 is 0 Å². The van der Waals surface area contributed by atoms with Gasteiger partial charge in [-0.05, 0) is 23.8 Å². The Balaban J connectivity index is 3.11. The molecule has 0 unspecified atom stereocenters. The lowest BCUT2D eigenvalue weighted by atomic mass is 10.2. The van der Waals surface area contributed by atoms with Crippen LogP contribution in [-0.2, 0) is 5.33 Å². The molecule has 0 atom stereocenters. The van der Waals surface area contributed by atoms with Crippen LogP contribution in [0.1, 0.15) is 15.9 Å². The third kappa shape index (κ3) is 2.42. The fourth-order valence-electron chi connectivity index (χ4n) is 0.821. The molecule has 0 aliphatic rings. The quantitative estimate of drug-likeness (QED) is 0.600. The van der Waals surface area contributed by atoms with Gasteiger partial charge in [-0.1, -0.05) is 31.9 Å². The van der Waals surface area contributed by atoms with Crippen LogP contribution in [0.5, 0.6) is 0 Å². The number of benzene rings is 1. The Morgan fingerprint density at radius 3 is 2.64 bits per heavy atom. The summed E-state index contributed by atoms with van der Waals surface area (Å²) >= 11 is 6.63. The zero-order valence-corrected chi connectivity index (χ0v) is 8.85. The first-order valence-electron chi connectivity index (χ1n) is 3.07. The van der Waals surface area contributed by atoms with Crippen LogP contribution in [0.3, 0.4) is 0 Å². The van der Waals surface area contributed by atoms with Crippen LogP contribution in [0.25, 0.3) is 0 Å². The van der Waals surface area contributed by atoms with Gasteiger partial charge in [-0.25, -0.2) is 0 Å². The number of rotatable bonds is 2. The van der Waals surface area contributed by atoms with E-state index in [9.17, 15) is 4.79 Å². The first-order chi connectivity index (χ1) is 5.26. The van der Waals surface area contributed by atoms with Gasteiger partial charge in [0.15, 0.2) is 0 Å². The molecular weight excluding hydrogens is 272 g/mol. The molecule has 11 heavy (non-hydrogen) atoms. The van der Waals surface area contributed by atoms with Crippen LogP contribution in [0.2, 0.25) is 0 Å². The molecular formula is C8H6Br2O. The van der Waals surface area contributed by atoms with Crippen LogP contribution >= 0.6 is 31.9 Å². The normalized spacial score (nSPS) is 9.64. The minimum absolute atomic E-state index is 0.703. The van der Waals surface area contributed by atoms with Gasteiger partial charge >= 0.3 is 0 Å². The van der Waals surface area contributed by atoms with E-state index in [-0.39, 0.29) is 0 Å². The fraction of sp³-hybridized carbons (Fsp3) is 0.125. The van der Waals surface area contributed by atoms with Gasteiger partial charge in [0.25, 0.3) is 0 Å². The average Bonchev–Trinajstić information content (AvgIpc) is 2.03. The van der Waals surface area contributed by atoms with Crippen molar-refractivity contribution in [3.05, 3.63) is 33.8 Å². The SMILES string of the molecule is O=Cc1cc(Br)cc(CBr)c1. The first-order valence-corrected chi connectivity index (χ1v) is 4.98. The summed E-state index contributed by atoms with van der Waals surface area (Å²) in [6, 6.07) is 5.62. The first kappa shape index (κ1) is 8.94. The lowest BCUT2D eigenvalue weighted by Gasteiger charge is -1.97. The number of carbonyl (C=O) groups excluding carboxylic acids is 1. The number of hydrogen-bond donors (Lipinski definition) is 0. The van der Waals surface area contributed by atoms with E-state index in [0.29, 0.717) is 5.56 Å². The predicted octanol–water partition coefficient (Wildman–Crippen LogP) is 3.16. The van der Waals surface area contributed by atoms with E-state index in [1.807, 2.05) is 12.1 Å². The Hall–Kier alpha value is -0.150. The van der Waals surface area contributed by atoms with Crippen LogP contribution in [0.4, 0.5) is 0 Å². The Morgan fingerprint density at radius 2 is 2.09 bits per heavy atom. The molecule has 3 heteroatoms. The molecule has 0 aliphatic carbocycles. The molecule has 0 radical (unpaired) electrons. The van der Waals surface area contributed by atoms with Gasteiger partial charge in [0, 0.05) is 15.4 Å². The van der Waals surface area contributed by atoms with Gasteiger partial charge in [0.1, 0.15) is 6.29 Å². The smallest absolute Gasteiger partial charge is 0.150 e. The van der Waals surface area contributed by atoms with Gasteiger partial charge in [0.05, 0.1) is 0 Å². The van der Waals surface area contributed by atoms with E-state index in [4.69, 9.17) is 0 Å². The van der Waals surface area contributed by atoms with E-state index in [1.54, 1.807) is 6.07 Å². The van der Waals surface area contributed by atoms with Crippen molar-refractivity contribution in [1.82, 2.24) is 0 Å². The highest BCUT2D eigenvalue weighted by molar-refractivity contribution is 9.10. The van der Waals surface area contributed by atoms with Crippen molar-refractivity contribution >= 4 is 38.1 Å². The highest BCUT2D eigenvalue weighted by atomic mass is 79.9. The minimum Gasteiger partial charge on any atom is -0.298 e. The highest BCUT2D eigenvalue weighted by Crippen LogP contribution is 2.16. The van der Waals surface area contributed by atoms with Crippen molar-refractivity contribution in [2.24, 2.45) is 0 Å². The van der Waals surface area contributed by atoms with E-state index >= 15 is 0 Å². The van der Waals surface area contributed by atoms with Crippen LogP contribution in [-0.4, -0.2) is 6.29 Å². The maximum atomic E-state index is 10.4. The minimum atomic E-state index is 0.703. The molecule has 0 saturated heterocycles. The largest absolute Gasteiger partial charge is 0.298 e. The van der Waals surface area contributed by atoms with Gasteiger partial charge in [0.2, 0.25) is 0 Å². The van der Waals surface area contributed by atoms with Crippen molar-refractivity contribution < 1.29 is 4.79 Å². The maximum Gasteiger partial charge on any atom is 0.150 e. The van der Waals surface area contributed by atoms with E-state index in [1.165, 1.54) is 0 Å². The molecule has 1 aromatic carbocycles. The predicted molar refractivity (Wildman–Crippen MR) is 52.2 cm³/mol. The zero-order valence-electron chi connectivity index (χ0n) is 5.68. The van der Waals surface area contributed by atoms with Gasteiger partial charge in [-0.15, -0.1) is 0 Å². The lowest BCUT2D eigenvalue weighted by Crippen LogP contribution is -1.83. The molecule has 0 bridgehead atoms. The van der Waals surface area contributed by atoms with Crippen LogP contribution in [0.15, 0.2) is 22.7 Å². The summed E-state index contributed by atoms with van der Waals surface area (Å²) in [4.78, 5) is 10.4. The monoisotopic (exact) mass is 276 g/mol. The Kier molecular flexibility index (Phi) is 3.27. The molecule has 0 spiro atoms. The second kappa shape index (κ2) is 4.02. The molecule has 1 nitrogen and oxygen atoms in total. The van der Waals surface area contributed by atoms with Crippen molar-refractivity contribution in [2.45, 2.75) is 5.33 Å². The Labute approximate surface area is 82.1 Å². The van der Waals surface area contributed by atoms with E-state index in [0.717, 1.165) is 21.7 Å². The summed E-state index contributed by atoms with van der Waals surface area (Å²) in [5, 5.41) is 0.771. The second-order valence-electron chi connectivity index (χ2n) is 2.14. The molecule has 0 aliphatic heterocycles. The number of halogens is 2. The van der Waals surface area contributed by atoms with Crippen molar-refractivity contribution in [3.63, 3.8) is 0 Å². The topological polar surface area (TPSA) is 17.1 Å². The molecule has 0 heterocycles. The summed E-state index contributed by atoms with van der Waals surface area (Å²) < 4.78 is 0.941. The summed E-state index contributed by atoms with van der Waals surface area (Å²) in [6.07, 6.45) is 0.844. The number of hydrogen-bond acceptors (Lipinski definition) is 1. The second-order valence-corrected chi connectivity index (χ2v) is 3.62. The zero-order chi connectivity index (χ0) is 8.27. The highest BCUT2D eigenvalue weighted by Gasteiger charge is 1.96. The Morgan fingerprint density at radius 1 is 1.36 bits per heavy atom. The Bertz CT molecular complexity index is 271. The summed E-state index contributed by atoms with van der Waals surface area (Å²) in [5.41, 5.74) is 1.80. The fourth-order valence-corrected chi connectivity index (χ4v) is 1.70. The standard InChI is InChI=1S/C8H6Br2O/c9-4-6-1-7(5-11)3-8(10)2-6/h1-3,5H,4H2. The van der Waals surface area contributed by atoms with E-state index in [2.05, 4.69) is 31.9 Å². The van der Waals surface area contributed by atoms with Crippen molar-refractivity contribution in [3.8, 4) is 0 Å². The molecule has 0 saturated carbocycles. The van der Waals surface area contributed by atoms with Crippen molar-refractivity contribution in [2.75, 3.05) is 0 Å². The number of alkyl halides is 1. The van der Waals surface area contributed by atoms with Gasteiger partial charge in [-0.3, -0.25) is 4.79 Å². The van der Waals surface area contributed by atoms with Crippen molar-refractivity contribution in [1.29, 1.82) is 0 Å². The number of carbonyl (C=O) groups is 1. The third-order valence-electron chi connectivity index (χ3n) is 1.27. The summed E-state index contributed by atoms with van der Waals surface area (Å²) in [6.45, 7) is 0. The van der Waals surface area contributed by atoms with Gasteiger partial charge < -0.3 is 0 Å². The molecule has 0 N–H and O–H groups in total.